The molecule has 2 unspecified atom stereocenters. The van der Waals surface area contributed by atoms with E-state index in [-0.39, 0.29) is 36.2 Å². The average molecular weight is 416 g/mol. The Hall–Kier alpha value is -2.37. The van der Waals surface area contributed by atoms with Crippen molar-refractivity contribution in [2.24, 2.45) is 11.7 Å². The van der Waals surface area contributed by atoms with Crippen molar-refractivity contribution < 1.29 is 9.59 Å². The lowest BCUT2D eigenvalue weighted by molar-refractivity contribution is -0.130. The number of nitrogens with one attached hydrogen (secondary N) is 1. The molecular formula is C23H30ClN3O2. The van der Waals surface area contributed by atoms with E-state index < -0.39 is 6.04 Å². The first-order valence-electron chi connectivity index (χ1n) is 9.97. The first-order valence-corrected chi connectivity index (χ1v) is 9.97. The molecule has 2 aromatic rings. The summed E-state index contributed by atoms with van der Waals surface area (Å²) in [5, 5.41) is 3.02. The highest BCUT2D eigenvalue weighted by molar-refractivity contribution is 5.99. The van der Waals surface area contributed by atoms with Gasteiger partial charge in [0.2, 0.25) is 11.8 Å². The Labute approximate surface area is 179 Å². The number of hydrogen-bond acceptors (Lipinski definition) is 3. The molecule has 1 aliphatic carbocycles. The fraction of sp³-hybridized carbons (Fsp3) is 0.391. The first-order chi connectivity index (χ1) is 13.5. The number of likely N-dealkylation sites (N-methyl/N-ethyl adjacent to an activating group) is 1. The van der Waals surface area contributed by atoms with Crippen LogP contribution in [0.5, 0.6) is 0 Å². The first kappa shape index (κ1) is 22.9. The van der Waals surface area contributed by atoms with Crippen LogP contribution in [-0.2, 0) is 16.0 Å². The molecule has 156 valence electrons. The van der Waals surface area contributed by atoms with Crippen LogP contribution >= 0.6 is 12.4 Å². The predicted molar refractivity (Wildman–Crippen MR) is 119 cm³/mol. The summed E-state index contributed by atoms with van der Waals surface area (Å²) in [7, 11) is 1.75. The van der Waals surface area contributed by atoms with E-state index in [0.717, 1.165) is 30.5 Å². The van der Waals surface area contributed by atoms with E-state index in [1.54, 1.807) is 11.9 Å². The molecule has 3 rings (SSSR count). The van der Waals surface area contributed by atoms with E-state index in [0.29, 0.717) is 12.8 Å². The predicted octanol–water partition coefficient (Wildman–Crippen LogP) is 3.32. The number of carbonyl (C=O) groups is 2. The molecule has 0 bridgehead atoms. The number of nitrogens with zero attached hydrogens (tertiary/aromatic N) is 1. The molecule has 0 aromatic heterocycles. The Bertz CT molecular complexity index is 785. The van der Waals surface area contributed by atoms with Gasteiger partial charge in [-0.2, -0.15) is 0 Å². The second kappa shape index (κ2) is 11.0. The van der Waals surface area contributed by atoms with Crippen molar-refractivity contribution in [3.63, 3.8) is 0 Å². The van der Waals surface area contributed by atoms with Gasteiger partial charge in [0.1, 0.15) is 6.04 Å². The number of nitrogens with two attached hydrogens (primary N) is 1. The second-order valence-electron chi connectivity index (χ2n) is 7.61. The third-order valence-corrected chi connectivity index (χ3v) is 5.46. The SMILES string of the molecule is CN(C(=O)[C@H](Cc1ccccc1)NC(=O)C1CCCC(N)C1)c1ccccc1.Cl. The Balaban J connectivity index is 0.00000300. The minimum Gasteiger partial charge on any atom is -0.344 e. The Kier molecular flexibility index (Phi) is 8.68. The quantitative estimate of drug-likeness (QED) is 0.759. The van der Waals surface area contributed by atoms with Crippen LogP contribution in [0.2, 0.25) is 0 Å². The Morgan fingerprint density at radius 2 is 1.69 bits per heavy atom. The summed E-state index contributed by atoms with van der Waals surface area (Å²) in [6, 6.07) is 18.7. The maximum absolute atomic E-state index is 13.2. The highest BCUT2D eigenvalue weighted by Gasteiger charge is 2.30. The van der Waals surface area contributed by atoms with Crippen molar-refractivity contribution in [1.29, 1.82) is 0 Å². The molecule has 0 spiro atoms. The highest BCUT2D eigenvalue weighted by atomic mass is 35.5. The molecule has 1 aliphatic rings. The maximum Gasteiger partial charge on any atom is 0.249 e. The molecule has 6 heteroatoms. The zero-order valence-corrected chi connectivity index (χ0v) is 17.6. The monoisotopic (exact) mass is 415 g/mol. The molecule has 0 aliphatic heterocycles. The number of benzene rings is 2. The maximum atomic E-state index is 13.2. The van der Waals surface area contributed by atoms with Gasteiger partial charge < -0.3 is 16.0 Å². The van der Waals surface area contributed by atoms with Gasteiger partial charge >= 0.3 is 0 Å². The van der Waals surface area contributed by atoms with Crippen molar-refractivity contribution in [3.8, 4) is 0 Å². The van der Waals surface area contributed by atoms with Gasteiger partial charge in [0, 0.05) is 31.1 Å². The third-order valence-electron chi connectivity index (χ3n) is 5.46. The second-order valence-corrected chi connectivity index (χ2v) is 7.61. The topological polar surface area (TPSA) is 75.4 Å². The van der Waals surface area contributed by atoms with E-state index in [4.69, 9.17) is 5.73 Å². The minimum atomic E-state index is -0.613. The van der Waals surface area contributed by atoms with Gasteiger partial charge in [0.15, 0.2) is 0 Å². The molecule has 1 fully saturated rings. The molecule has 2 aromatic carbocycles. The van der Waals surface area contributed by atoms with Crippen LogP contribution in [0.4, 0.5) is 5.69 Å². The lowest BCUT2D eigenvalue weighted by Crippen LogP contribution is -2.51. The number of rotatable bonds is 6. The van der Waals surface area contributed by atoms with E-state index in [1.807, 2.05) is 60.7 Å². The van der Waals surface area contributed by atoms with Crippen molar-refractivity contribution in [2.45, 2.75) is 44.2 Å². The summed E-state index contributed by atoms with van der Waals surface area (Å²) in [4.78, 5) is 27.7. The standard InChI is InChI=1S/C23H29N3O2.ClH/c1-26(20-13-6-3-7-14-20)23(28)21(15-17-9-4-2-5-10-17)25-22(27)18-11-8-12-19(24)16-18;/h2-7,9-10,13-14,18-19,21H,8,11-12,15-16,24H2,1H3,(H,25,27);1H/t18?,19?,21-;/m0./s1. The molecule has 3 N–H and O–H groups in total. The van der Waals surface area contributed by atoms with Gasteiger partial charge in [-0.05, 0) is 37.0 Å². The van der Waals surface area contributed by atoms with Gasteiger partial charge in [-0.3, -0.25) is 9.59 Å². The molecule has 5 nitrogen and oxygen atoms in total. The third kappa shape index (κ3) is 6.31. The fourth-order valence-corrected chi connectivity index (χ4v) is 3.82. The average Bonchev–Trinajstić information content (AvgIpc) is 2.73. The van der Waals surface area contributed by atoms with Crippen LogP contribution in [0.3, 0.4) is 0 Å². The number of anilines is 1. The molecule has 29 heavy (non-hydrogen) atoms. The van der Waals surface area contributed by atoms with Gasteiger partial charge in [-0.1, -0.05) is 55.0 Å². The van der Waals surface area contributed by atoms with Crippen molar-refractivity contribution >= 4 is 29.9 Å². The fourth-order valence-electron chi connectivity index (χ4n) is 3.82. The van der Waals surface area contributed by atoms with Gasteiger partial charge in [0.25, 0.3) is 0 Å². The highest BCUT2D eigenvalue weighted by Crippen LogP contribution is 2.24. The summed E-state index contributed by atoms with van der Waals surface area (Å²) >= 11 is 0. The molecule has 1 saturated carbocycles. The van der Waals surface area contributed by atoms with E-state index in [1.165, 1.54) is 0 Å². The minimum absolute atomic E-state index is 0. The zero-order chi connectivity index (χ0) is 19.9. The van der Waals surface area contributed by atoms with Crippen LogP contribution in [0.15, 0.2) is 60.7 Å². The summed E-state index contributed by atoms with van der Waals surface area (Å²) in [6.45, 7) is 0. The Morgan fingerprint density at radius 1 is 1.07 bits per heavy atom. The number of hydrogen-bond donors (Lipinski definition) is 2. The lowest BCUT2D eigenvalue weighted by Gasteiger charge is -2.29. The summed E-state index contributed by atoms with van der Waals surface area (Å²) < 4.78 is 0. The largest absolute Gasteiger partial charge is 0.344 e. The van der Waals surface area contributed by atoms with Crippen molar-refractivity contribution in [1.82, 2.24) is 5.32 Å². The molecule has 0 saturated heterocycles. The smallest absolute Gasteiger partial charge is 0.249 e. The zero-order valence-electron chi connectivity index (χ0n) is 16.8. The van der Waals surface area contributed by atoms with Crippen molar-refractivity contribution in [2.75, 3.05) is 11.9 Å². The summed E-state index contributed by atoms with van der Waals surface area (Å²) in [5.41, 5.74) is 7.87. The van der Waals surface area contributed by atoms with E-state index in [9.17, 15) is 9.59 Å². The summed E-state index contributed by atoms with van der Waals surface area (Å²) in [5.74, 6) is -0.300. The number of carbonyl (C=O) groups excluding carboxylic acids is 2. The van der Waals surface area contributed by atoms with Crippen LogP contribution in [0.1, 0.15) is 31.2 Å². The number of amides is 2. The molecule has 3 atom stereocenters. The van der Waals surface area contributed by atoms with E-state index >= 15 is 0 Å². The molecule has 0 radical (unpaired) electrons. The van der Waals surface area contributed by atoms with Crippen molar-refractivity contribution in [3.05, 3.63) is 66.2 Å². The molecular weight excluding hydrogens is 386 g/mol. The number of halogens is 1. The normalized spacial score (nSPS) is 19.5. The van der Waals surface area contributed by atoms with Gasteiger partial charge in [-0.15, -0.1) is 12.4 Å². The van der Waals surface area contributed by atoms with Gasteiger partial charge in [-0.25, -0.2) is 0 Å². The molecule has 0 heterocycles. The van der Waals surface area contributed by atoms with Gasteiger partial charge in [0.05, 0.1) is 0 Å². The van der Waals surface area contributed by atoms with Crippen LogP contribution in [-0.4, -0.2) is 30.9 Å². The molecule has 2 amide bonds. The number of para-hydroxylation sites is 1. The lowest BCUT2D eigenvalue weighted by atomic mass is 9.85. The van der Waals surface area contributed by atoms with Crippen LogP contribution in [0, 0.1) is 5.92 Å². The van der Waals surface area contributed by atoms with Crippen LogP contribution < -0.4 is 16.0 Å². The Morgan fingerprint density at radius 3 is 2.31 bits per heavy atom. The van der Waals surface area contributed by atoms with Crippen LogP contribution in [0.25, 0.3) is 0 Å². The summed E-state index contributed by atoms with van der Waals surface area (Å²) in [6.07, 6.45) is 3.90. The van der Waals surface area contributed by atoms with E-state index in [2.05, 4.69) is 5.32 Å².